The van der Waals surface area contributed by atoms with Crippen molar-refractivity contribution in [2.75, 3.05) is 32.2 Å². The molecule has 0 radical (unpaired) electrons. The smallest absolute Gasteiger partial charge is 0.295 e. The average Bonchev–Trinajstić information content (AvgIpc) is 3.17. The van der Waals surface area contributed by atoms with Gasteiger partial charge >= 0.3 is 0 Å². The maximum Gasteiger partial charge on any atom is 0.295 e. The minimum Gasteiger partial charge on any atom is -0.507 e. The van der Waals surface area contributed by atoms with E-state index in [0.717, 1.165) is 22.6 Å². The van der Waals surface area contributed by atoms with Gasteiger partial charge in [-0.3, -0.25) is 9.59 Å². The lowest BCUT2D eigenvalue weighted by Crippen LogP contribution is -2.29. The Balaban J connectivity index is 1.77. The number of nitrogens with zero attached hydrogens (tertiary/aromatic N) is 2. The predicted octanol–water partition coefficient (Wildman–Crippen LogP) is 5.81. The fourth-order valence-electron chi connectivity index (χ4n) is 4.55. The van der Waals surface area contributed by atoms with Gasteiger partial charge in [0.25, 0.3) is 11.7 Å². The molecular weight excluding hydrogens is 492 g/mol. The average molecular weight is 529 g/mol. The molecule has 1 fully saturated rings. The van der Waals surface area contributed by atoms with Gasteiger partial charge in [-0.05, 0) is 60.4 Å². The fraction of sp³-hybridized carbons (Fsp3) is 0.312. The lowest BCUT2D eigenvalue weighted by Gasteiger charge is -2.26. The van der Waals surface area contributed by atoms with Crippen LogP contribution in [0.4, 0.5) is 5.69 Å². The van der Waals surface area contributed by atoms with Crippen LogP contribution in [0.1, 0.15) is 43.5 Å². The third-order valence-corrected chi connectivity index (χ3v) is 6.54. The van der Waals surface area contributed by atoms with Gasteiger partial charge in [-0.15, -0.1) is 0 Å². The molecule has 1 heterocycles. The minimum absolute atomic E-state index is 0.0598. The van der Waals surface area contributed by atoms with Gasteiger partial charge in [-0.1, -0.05) is 50.2 Å². The molecule has 204 valence electrons. The summed E-state index contributed by atoms with van der Waals surface area (Å²) in [5, 5.41) is 11.5. The van der Waals surface area contributed by atoms with Crippen molar-refractivity contribution >= 4 is 23.1 Å². The van der Waals surface area contributed by atoms with E-state index in [4.69, 9.17) is 9.47 Å². The molecule has 0 spiro atoms. The third-order valence-electron chi connectivity index (χ3n) is 6.54. The summed E-state index contributed by atoms with van der Waals surface area (Å²) in [6.45, 7) is 7.30. The number of aliphatic hydroxyl groups excluding tert-OH is 1. The molecule has 1 unspecified atom stereocenters. The standard InChI is InChI=1S/C32H36N2O5/c1-6-38-26-16-10-22(11-17-26)19-34-29(23-12-14-25(15-13-23)33(4)5)28(31(36)32(34)37)30(35)24-8-7-9-27(18-24)39-20-21(2)3/h7-18,21,29,35H,6,19-20H2,1-5H3/b30-28-. The van der Waals surface area contributed by atoms with E-state index in [1.54, 1.807) is 24.3 Å². The molecule has 1 aliphatic rings. The summed E-state index contributed by atoms with van der Waals surface area (Å²) in [6.07, 6.45) is 0. The van der Waals surface area contributed by atoms with E-state index in [0.29, 0.717) is 30.4 Å². The van der Waals surface area contributed by atoms with E-state index in [2.05, 4.69) is 13.8 Å². The zero-order chi connectivity index (χ0) is 28.1. The highest BCUT2D eigenvalue weighted by atomic mass is 16.5. The predicted molar refractivity (Wildman–Crippen MR) is 153 cm³/mol. The van der Waals surface area contributed by atoms with Crippen molar-refractivity contribution in [3.05, 3.63) is 95.1 Å². The number of ether oxygens (including phenoxy) is 2. The molecular formula is C32H36N2O5. The zero-order valence-electron chi connectivity index (χ0n) is 23.2. The summed E-state index contributed by atoms with van der Waals surface area (Å²) in [4.78, 5) is 30.3. The Morgan fingerprint density at radius 1 is 0.949 bits per heavy atom. The van der Waals surface area contributed by atoms with Crippen LogP contribution >= 0.6 is 0 Å². The third kappa shape index (κ3) is 6.25. The Morgan fingerprint density at radius 3 is 2.26 bits per heavy atom. The van der Waals surface area contributed by atoms with Crippen molar-refractivity contribution in [2.24, 2.45) is 5.92 Å². The van der Waals surface area contributed by atoms with E-state index in [9.17, 15) is 14.7 Å². The lowest BCUT2D eigenvalue weighted by molar-refractivity contribution is -0.140. The summed E-state index contributed by atoms with van der Waals surface area (Å²) in [6, 6.07) is 21.3. The molecule has 0 aromatic heterocycles. The van der Waals surface area contributed by atoms with E-state index in [1.807, 2.05) is 74.4 Å². The second-order valence-corrected chi connectivity index (χ2v) is 10.2. The minimum atomic E-state index is -0.756. The number of aliphatic hydroxyl groups is 1. The maximum absolute atomic E-state index is 13.5. The van der Waals surface area contributed by atoms with E-state index >= 15 is 0 Å². The van der Waals surface area contributed by atoms with E-state index < -0.39 is 17.7 Å². The first-order valence-corrected chi connectivity index (χ1v) is 13.2. The van der Waals surface area contributed by atoms with Crippen molar-refractivity contribution in [3.8, 4) is 11.5 Å². The molecule has 4 rings (SSSR count). The highest BCUT2D eigenvalue weighted by Gasteiger charge is 2.46. The Labute approximate surface area is 230 Å². The maximum atomic E-state index is 13.5. The van der Waals surface area contributed by atoms with Gasteiger partial charge in [0.1, 0.15) is 17.3 Å². The van der Waals surface area contributed by atoms with Crippen molar-refractivity contribution in [2.45, 2.75) is 33.4 Å². The quantitative estimate of drug-likeness (QED) is 0.203. The topological polar surface area (TPSA) is 79.3 Å². The zero-order valence-corrected chi connectivity index (χ0v) is 23.2. The van der Waals surface area contributed by atoms with Gasteiger partial charge in [0, 0.05) is 31.9 Å². The molecule has 3 aromatic carbocycles. The number of anilines is 1. The number of hydrogen-bond acceptors (Lipinski definition) is 6. The second kappa shape index (κ2) is 12.1. The summed E-state index contributed by atoms with van der Waals surface area (Å²) in [7, 11) is 3.89. The van der Waals surface area contributed by atoms with Crippen LogP contribution in [0.25, 0.3) is 5.76 Å². The van der Waals surface area contributed by atoms with Crippen LogP contribution in [0.15, 0.2) is 78.4 Å². The van der Waals surface area contributed by atoms with Gasteiger partial charge in [0.2, 0.25) is 0 Å². The molecule has 1 aliphatic heterocycles. The first-order chi connectivity index (χ1) is 18.7. The number of carbonyl (C=O) groups is 2. The molecule has 0 saturated carbocycles. The van der Waals surface area contributed by atoms with E-state index in [1.165, 1.54) is 4.90 Å². The summed E-state index contributed by atoms with van der Waals surface area (Å²) in [5.74, 6) is 0.0643. The second-order valence-electron chi connectivity index (χ2n) is 10.2. The van der Waals surface area contributed by atoms with Gasteiger partial charge in [0.15, 0.2) is 0 Å². The largest absolute Gasteiger partial charge is 0.507 e. The first kappa shape index (κ1) is 27.8. The van der Waals surface area contributed by atoms with Gasteiger partial charge in [0.05, 0.1) is 24.8 Å². The van der Waals surface area contributed by atoms with Crippen LogP contribution in [0, 0.1) is 5.92 Å². The van der Waals surface area contributed by atoms with Gasteiger partial charge in [-0.25, -0.2) is 0 Å². The molecule has 7 nitrogen and oxygen atoms in total. The Hall–Kier alpha value is -4.26. The van der Waals surface area contributed by atoms with Gasteiger partial charge < -0.3 is 24.4 Å². The number of hydrogen-bond donors (Lipinski definition) is 1. The summed E-state index contributed by atoms with van der Waals surface area (Å²) >= 11 is 0. The number of benzene rings is 3. The van der Waals surface area contributed by atoms with Crippen LogP contribution in [0.3, 0.4) is 0 Å². The van der Waals surface area contributed by atoms with Crippen LogP contribution in [-0.2, 0) is 16.1 Å². The van der Waals surface area contributed by atoms with Gasteiger partial charge in [-0.2, -0.15) is 0 Å². The molecule has 0 aliphatic carbocycles. The number of ketones is 1. The summed E-state index contributed by atoms with van der Waals surface area (Å²) in [5.41, 5.74) is 3.05. The highest BCUT2D eigenvalue weighted by Crippen LogP contribution is 2.41. The fourth-order valence-corrected chi connectivity index (χ4v) is 4.55. The number of Topliss-reactive ketones (excluding diaryl/α,β-unsaturated/α-hetero) is 1. The molecule has 1 atom stereocenters. The first-order valence-electron chi connectivity index (χ1n) is 13.2. The number of amides is 1. The summed E-state index contributed by atoms with van der Waals surface area (Å²) < 4.78 is 11.4. The Bertz CT molecular complexity index is 1340. The molecule has 3 aromatic rings. The monoisotopic (exact) mass is 528 g/mol. The van der Waals surface area contributed by atoms with Crippen LogP contribution in [0.2, 0.25) is 0 Å². The van der Waals surface area contributed by atoms with Crippen molar-refractivity contribution < 1.29 is 24.2 Å². The molecule has 1 N–H and O–H groups in total. The van der Waals surface area contributed by atoms with Crippen LogP contribution in [0.5, 0.6) is 11.5 Å². The van der Waals surface area contributed by atoms with Crippen molar-refractivity contribution in [3.63, 3.8) is 0 Å². The SMILES string of the molecule is CCOc1ccc(CN2C(=O)C(=O)/C(=C(\O)c3cccc(OCC(C)C)c3)C2c2ccc(N(C)C)cc2)cc1. The number of rotatable bonds is 10. The highest BCUT2D eigenvalue weighted by molar-refractivity contribution is 6.46. The number of likely N-dealkylation sites (tertiary alicyclic amines) is 1. The van der Waals surface area contributed by atoms with Crippen LogP contribution in [-0.4, -0.2) is 49.0 Å². The Morgan fingerprint density at radius 2 is 1.64 bits per heavy atom. The molecule has 1 amide bonds. The van der Waals surface area contributed by atoms with Crippen molar-refractivity contribution in [1.82, 2.24) is 4.90 Å². The molecule has 1 saturated heterocycles. The molecule has 0 bridgehead atoms. The normalized spacial score (nSPS) is 16.6. The molecule has 39 heavy (non-hydrogen) atoms. The van der Waals surface area contributed by atoms with Crippen LogP contribution < -0.4 is 14.4 Å². The lowest BCUT2D eigenvalue weighted by atomic mass is 9.95. The molecule has 7 heteroatoms. The van der Waals surface area contributed by atoms with E-state index in [-0.39, 0.29) is 17.9 Å². The number of carbonyl (C=O) groups excluding carboxylic acids is 2. The Kier molecular flexibility index (Phi) is 8.59. The van der Waals surface area contributed by atoms with Crippen molar-refractivity contribution in [1.29, 1.82) is 0 Å².